The number of nitrogens with zero attached hydrogens (tertiary/aromatic N) is 2. The van der Waals surface area contributed by atoms with Gasteiger partial charge in [-0.05, 0) is 37.6 Å². The lowest BCUT2D eigenvalue weighted by atomic mass is 10.0. The first-order chi connectivity index (χ1) is 14.8. The van der Waals surface area contributed by atoms with Crippen LogP contribution in [0.25, 0.3) is 0 Å². The number of ether oxygens (including phenoxy) is 1. The predicted octanol–water partition coefficient (Wildman–Crippen LogP) is 3.70. The van der Waals surface area contributed by atoms with E-state index in [1.807, 2.05) is 18.2 Å². The average Bonchev–Trinajstić information content (AvgIpc) is 2.77. The van der Waals surface area contributed by atoms with Gasteiger partial charge in [0.15, 0.2) is 0 Å². The first-order valence-electron chi connectivity index (χ1n) is 10.1. The average molecular weight is 447 g/mol. The molecule has 0 saturated carbocycles. The number of halogens is 1. The molecular weight excluding hydrogens is 420 g/mol. The van der Waals surface area contributed by atoms with Crippen molar-refractivity contribution in [1.29, 1.82) is 0 Å². The van der Waals surface area contributed by atoms with Crippen LogP contribution in [-0.2, 0) is 11.3 Å². The number of amides is 1. The largest absolute Gasteiger partial charge is 0.379 e. The molecule has 0 radical (unpaired) electrons. The summed E-state index contributed by atoms with van der Waals surface area (Å²) >= 11 is 6.15. The smallest absolute Gasteiger partial charge is 0.293 e. The van der Waals surface area contributed by atoms with E-state index in [9.17, 15) is 14.9 Å². The maximum absolute atomic E-state index is 12.7. The van der Waals surface area contributed by atoms with Gasteiger partial charge in [0.1, 0.15) is 5.69 Å². The highest BCUT2D eigenvalue weighted by Crippen LogP contribution is 2.27. The Morgan fingerprint density at radius 3 is 2.61 bits per heavy atom. The van der Waals surface area contributed by atoms with Gasteiger partial charge in [-0.2, -0.15) is 0 Å². The number of rotatable bonds is 8. The first kappa shape index (κ1) is 23.0. The Morgan fingerprint density at radius 2 is 1.94 bits per heavy atom. The number of nitrogens with one attached hydrogen (secondary N) is 2. The monoisotopic (exact) mass is 446 g/mol. The zero-order valence-electron chi connectivity index (χ0n) is 17.7. The van der Waals surface area contributed by atoms with E-state index in [1.54, 1.807) is 18.2 Å². The summed E-state index contributed by atoms with van der Waals surface area (Å²) in [6.07, 6.45) is 0. The lowest BCUT2D eigenvalue weighted by Gasteiger charge is -2.40. The molecule has 0 bridgehead atoms. The molecule has 1 saturated heterocycles. The summed E-state index contributed by atoms with van der Waals surface area (Å²) < 4.78 is 5.39. The van der Waals surface area contributed by atoms with Gasteiger partial charge in [0, 0.05) is 48.4 Å². The van der Waals surface area contributed by atoms with Crippen LogP contribution in [0.4, 0.5) is 11.4 Å². The Morgan fingerprint density at radius 1 is 1.23 bits per heavy atom. The third-order valence-electron chi connectivity index (χ3n) is 5.43. The maximum Gasteiger partial charge on any atom is 0.293 e. The Kier molecular flexibility index (Phi) is 7.48. The molecule has 2 aromatic carbocycles. The van der Waals surface area contributed by atoms with Gasteiger partial charge < -0.3 is 15.4 Å². The standard InChI is InChI=1S/C22H27ClN4O4/c1-22(2,26-9-11-31-12-10-26)15-25-21(28)16-7-8-19(20(13-16)27(29)30)24-14-17-5-3-4-6-18(17)23/h3-8,13,24H,9-12,14-15H2,1-2H3,(H,25,28). The Hall–Kier alpha value is -2.68. The minimum atomic E-state index is -0.497. The quantitative estimate of drug-likeness (QED) is 0.474. The van der Waals surface area contributed by atoms with Crippen LogP contribution in [0.1, 0.15) is 29.8 Å². The highest BCUT2D eigenvalue weighted by atomic mass is 35.5. The third kappa shape index (κ3) is 5.94. The summed E-state index contributed by atoms with van der Waals surface area (Å²) in [6, 6.07) is 11.7. The lowest BCUT2D eigenvalue weighted by molar-refractivity contribution is -0.384. The van der Waals surface area contributed by atoms with E-state index in [1.165, 1.54) is 6.07 Å². The third-order valence-corrected chi connectivity index (χ3v) is 5.80. The van der Waals surface area contributed by atoms with E-state index >= 15 is 0 Å². The Balaban J connectivity index is 1.67. The molecule has 3 rings (SSSR count). The van der Waals surface area contributed by atoms with Gasteiger partial charge in [0.2, 0.25) is 0 Å². The van der Waals surface area contributed by atoms with Gasteiger partial charge in [-0.15, -0.1) is 0 Å². The number of carbonyl (C=O) groups excluding carboxylic acids is 1. The zero-order valence-corrected chi connectivity index (χ0v) is 18.4. The van der Waals surface area contributed by atoms with Crippen LogP contribution in [0.5, 0.6) is 0 Å². The minimum Gasteiger partial charge on any atom is -0.379 e. The summed E-state index contributed by atoms with van der Waals surface area (Å²) in [7, 11) is 0. The molecule has 2 N–H and O–H groups in total. The van der Waals surface area contributed by atoms with Gasteiger partial charge >= 0.3 is 0 Å². The van der Waals surface area contributed by atoms with E-state index in [0.717, 1.165) is 18.7 Å². The van der Waals surface area contributed by atoms with Crippen molar-refractivity contribution in [3.05, 3.63) is 68.7 Å². The molecular formula is C22H27ClN4O4. The molecule has 8 nitrogen and oxygen atoms in total. The van der Waals surface area contributed by atoms with Gasteiger partial charge in [0.05, 0.1) is 18.1 Å². The number of nitro benzene ring substituents is 1. The summed E-state index contributed by atoms with van der Waals surface area (Å²) in [6.45, 7) is 7.83. The zero-order chi connectivity index (χ0) is 22.4. The van der Waals surface area contributed by atoms with E-state index in [-0.39, 0.29) is 22.7 Å². The molecule has 0 spiro atoms. The van der Waals surface area contributed by atoms with E-state index in [4.69, 9.17) is 16.3 Å². The molecule has 1 heterocycles. The summed E-state index contributed by atoms with van der Waals surface area (Å²) in [5.74, 6) is -0.345. The second-order valence-corrected chi connectivity index (χ2v) is 8.44. The molecule has 1 aliphatic heterocycles. The van der Waals surface area contributed by atoms with Gasteiger partial charge in [-0.3, -0.25) is 19.8 Å². The van der Waals surface area contributed by atoms with Crippen molar-refractivity contribution in [2.75, 3.05) is 38.2 Å². The molecule has 1 amide bonds. The highest BCUT2D eigenvalue weighted by Gasteiger charge is 2.29. The van der Waals surface area contributed by atoms with Crippen molar-refractivity contribution in [1.82, 2.24) is 10.2 Å². The summed E-state index contributed by atoms with van der Waals surface area (Å²) in [5, 5.41) is 18.1. The molecule has 166 valence electrons. The van der Waals surface area contributed by atoms with E-state index in [2.05, 4.69) is 29.4 Å². The number of morpholine rings is 1. The minimum absolute atomic E-state index is 0.160. The van der Waals surface area contributed by atoms with Crippen LogP contribution in [-0.4, -0.2) is 54.1 Å². The van der Waals surface area contributed by atoms with Crippen molar-refractivity contribution in [3.63, 3.8) is 0 Å². The molecule has 9 heteroatoms. The van der Waals surface area contributed by atoms with Crippen molar-refractivity contribution in [2.24, 2.45) is 0 Å². The van der Waals surface area contributed by atoms with Crippen LogP contribution in [0.2, 0.25) is 5.02 Å². The first-order valence-corrected chi connectivity index (χ1v) is 10.5. The molecule has 31 heavy (non-hydrogen) atoms. The molecule has 0 aliphatic carbocycles. The number of hydrogen-bond donors (Lipinski definition) is 2. The van der Waals surface area contributed by atoms with E-state index < -0.39 is 4.92 Å². The molecule has 0 atom stereocenters. The normalized spacial score (nSPS) is 14.8. The van der Waals surface area contributed by atoms with Gasteiger partial charge in [0.25, 0.3) is 11.6 Å². The molecule has 0 aromatic heterocycles. The van der Waals surface area contributed by atoms with Gasteiger partial charge in [-0.1, -0.05) is 29.8 Å². The molecule has 1 fully saturated rings. The molecule has 1 aliphatic rings. The van der Waals surface area contributed by atoms with Crippen molar-refractivity contribution in [3.8, 4) is 0 Å². The highest BCUT2D eigenvalue weighted by molar-refractivity contribution is 6.31. The number of benzene rings is 2. The van der Waals surface area contributed by atoms with Crippen molar-refractivity contribution < 1.29 is 14.5 Å². The second-order valence-electron chi connectivity index (χ2n) is 8.03. The molecule has 2 aromatic rings. The van der Waals surface area contributed by atoms with Crippen LogP contribution >= 0.6 is 11.6 Å². The fourth-order valence-electron chi connectivity index (χ4n) is 3.48. The Labute approximate surface area is 186 Å². The fraction of sp³-hybridized carbons (Fsp3) is 0.409. The summed E-state index contributed by atoms with van der Waals surface area (Å²) in [5.41, 5.74) is 0.989. The number of hydrogen-bond acceptors (Lipinski definition) is 6. The van der Waals surface area contributed by atoms with Crippen LogP contribution in [0.15, 0.2) is 42.5 Å². The van der Waals surface area contributed by atoms with Crippen LogP contribution in [0.3, 0.4) is 0 Å². The number of anilines is 1. The molecule has 0 unspecified atom stereocenters. The van der Waals surface area contributed by atoms with Crippen LogP contribution in [0, 0.1) is 10.1 Å². The Bertz CT molecular complexity index is 945. The second kappa shape index (κ2) is 10.1. The van der Waals surface area contributed by atoms with Crippen LogP contribution < -0.4 is 10.6 Å². The maximum atomic E-state index is 12.7. The van der Waals surface area contributed by atoms with Crippen molar-refractivity contribution in [2.45, 2.75) is 25.9 Å². The van der Waals surface area contributed by atoms with Gasteiger partial charge in [-0.25, -0.2) is 0 Å². The predicted molar refractivity (Wildman–Crippen MR) is 121 cm³/mol. The van der Waals surface area contributed by atoms with Crippen molar-refractivity contribution >= 4 is 28.9 Å². The number of nitro groups is 1. The number of carbonyl (C=O) groups is 1. The SMILES string of the molecule is CC(C)(CNC(=O)c1ccc(NCc2ccccc2Cl)c([N+](=O)[O-])c1)N1CCOCC1. The lowest BCUT2D eigenvalue weighted by Crippen LogP contribution is -2.55. The topological polar surface area (TPSA) is 96.7 Å². The fourth-order valence-corrected chi connectivity index (χ4v) is 3.69. The van der Waals surface area contributed by atoms with E-state index in [0.29, 0.717) is 37.0 Å². The summed E-state index contributed by atoms with van der Waals surface area (Å²) in [4.78, 5) is 26.0.